The van der Waals surface area contributed by atoms with Crippen LogP contribution in [0.4, 0.5) is 5.95 Å². The average Bonchev–Trinajstić information content (AvgIpc) is 3.29. The normalized spacial score (nSPS) is 21.3. The van der Waals surface area contributed by atoms with Crippen molar-refractivity contribution >= 4 is 11.9 Å². The summed E-state index contributed by atoms with van der Waals surface area (Å²) in [5.74, 6) is 0.0540. The molecule has 3 aliphatic rings. The molecule has 240 valence electrons. The zero-order valence-electron chi connectivity index (χ0n) is 26.8. The third-order valence-corrected chi connectivity index (χ3v) is 9.87. The molecular formula is C36H46N4O5. The van der Waals surface area contributed by atoms with Crippen LogP contribution in [0.1, 0.15) is 54.0 Å². The Kier molecular flexibility index (Phi) is 9.97. The fourth-order valence-electron chi connectivity index (χ4n) is 7.26. The third-order valence-electron chi connectivity index (χ3n) is 9.87. The number of nitrogens with zero attached hydrogens (tertiary/aromatic N) is 4. The molecule has 45 heavy (non-hydrogen) atoms. The number of aryl methyl sites for hydroxylation is 1. The summed E-state index contributed by atoms with van der Waals surface area (Å²) >= 11 is 0. The SMILES string of the molecule is CCO[C@H]1CN(c2nccc(-c3cccc(C)c3OCc3ccc4c(c3C)CCN(C3CCOCC3)CC4)n2)CC[C@H]1C(=O)O. The molecule has 2 fully saturated rings. The van der Waals surface area contributed by atoms with E-state index in [2.05, 4.69) is 41.9 Å². The highest BCUT2D eigenvalue weighted by molar-refractivity contribution is 5.72. The highest BCUT2D eigenvalue weighted by atomic mass is 16.5. The lowest BCUT2D eigenvalue weighted by Crippen LogP contribution is -2.48. The van der Waals surface area contributed by atoms with Crippen molar-refractivity contribution in [1.29, 1.82) is 0 Å². The summed E-state index contributed by atoms with van der Waals surface area (Å²) in [5, 5.41) is 9.67. The summed E-state index contributed by atoms with van der Waals surface area (Å²) in [6, 6.07) is 13.2. The first-order valence-electron chi connectivity index (χ1n) is 16.5. The van der Waals surface area contributed by atoms with E-state index in [1.165, 1.54) is 22.3 Å². The Bertz CT molecular complexity index is 1490. The Morgan fingerprint density at radius 2 is 1.87 bits per heavy atom. The van der Waals surface area contributed by atoms with Crippen LogP contribution in [0.5, 0.6) is 5.75 Å². The molecule has 0 spiro atoms. The summed E-state index contributed by atoms with van der Waals surface area (Å²) in [6.07, 6.45) is 6.28. The molecule has 0 amide bonds. The van der Waals surface area contributed by atoms with Gasteiger partial charge < -0.3 is 24.2 Å². The molecule has 0 saturated carbocycles. The summed E-state index contributed by atoms with van der Waals surface area (Å²) < 4.78 is 18.0. The molecule has 0 bridgehead atoms. The van der Waals surface area contributed by atoms with Gasteiger partial charge in [0.05, 0.1) is 17.7 Å². The number of benzene rings is 2. The number of hydrogen-bond donors (Lipinski definition) is 1. The number of carbonyl (C=O) groups is 1. The molecule has 1 N–H and O–H groups in total. The van der Waals surface area contributed by atoms with Crippen LogP contribution in [0.3, 0.4) is 0 Å². The predicted octanol–water partition coefficient (Wildman–Crippen LogP) is 5.24. The monoisotopic (exact) mass is 614 g/mol. The summed E-state index contributed by atoms with van der Waals surface area (Å²) in [5.41, 5.74) is 8.25. The van der Waals surface area contributed by atoms with Gasteiger partial charge >= 0.3 is 5.97 Å². The topological polar surface area (TPSA) is 97.3 Å². The van der Waals surface area contributed by atoms with E-state index in [0.29, 0.717) is 44.7 Å². The molecule has 3 aromatic rings. The molecule has 2 saturated heterocycles. The Balaban J connectivity index is 1.18. The zero-order chi connectivity index (χ0) is 31.3. The van der Waals surface area contributed by atoms with Crippen LogP contribution in [0.25, 0.3) is 11.3 Å². The average molecular weight is 615 g/mol. The molecular weight excluding hydrogens is 568 g/mol. The molecule has 0 unspecified atom stereocenters. The van der Waals surface area contributed by atoms with E-state index in [4.69, 9.17) is 19.2 Å². The van der Waals surface area contributed by atoms with Crippen LogP contribution >= 0.6 is 0 Å². The zero-order valence-corrected chi connectivity index (χ0v) is 26.8. The van der Waals surface area contributed by atoms with E-state index in [-0.39, 0.29) is 0 Å². The number of para-hydroxylation sites is 1. The molecule has 6 rings (SSSR count). The summed E-state index contributed by atoms with van der Waals surface area (Å²) in [4.78, 5) is 26.0. The highest BCUT2D eigenvalue weighted by Crippen LogP contribution is 2.34. The molecule has 3 aliphatic heterocycles. The number of aromatic nitrogens is 2. The van der Waals surface area contributed by atoms with Gasteiger partial charge in [-0.3, -0.25) is 9.69 Å². The first kappa shape index (κ1) is 31.5. The van der Waals surface area contributed by atoms with E-state index < -0.39 is 18.0 Å². The molecule has 2 aromatic carbocycles. The lowest BCUT2D eigenvalue weighted by molar-refractivity contribution is -0.148. The maximum Gasteiger partial charge on any atom is 0.309 e. The Morgan fingerprint density at radius 1 is 1.04 bits per heavy atom. The maximum absolute atomic E-state index is 11.8. The third kappa shape index (κ3) is 7.00. The standard InChI is InChI=1S/C36H46N4O5/c1-4-44-33-22-40(19-13-31(33)35(41)42)36-37-16-10-32(38-36)30-7-5-6-24(2)34(30)45-23-27-9-8-26-11-17-39(18-12-29(26)25(27)3)28-14-20-43-21-15-28/h5-10,16,28,31,33H,4,11-15,17-23H2,1-3H3,(H,41,42)/t31-,33+/m1/s1. The van der Waals surface area contributed by atoms with Gasteiger partial charge in [0.25, 0.3) is 0 Å². The second kappa shape index (κ2) is 14.3. The van der Waals surface area contributed by atoms with E-state index in [9.17, 15) is 9.90 Å². The number of hydrogen-bond acceptors (Lipinski definition) is 8. The number of carboxylic acids is 1. The van der Waals surface area contributed by atoms with Crippen LogP contribution in [-0.2, 0) is 33.7 Å². The van der Waals surface area contributed by atoms with Crippen LogP contribution in [0.15, 0.2) is 42.6 Å². The van der Waals surface area contributed by atoms with Crippen molar-refractivity contribution in [2.45, 2.75) is 71.6 Å². The van der Waals surface area contributed by atoms with Gasteiger partial charge in [-0.15, -0.1) is 0 Å². The van der Waals surface area contributed by atoms with E-state index in [1.807, 2.05) is 30.0 Å². The fourth-order valence-corrected chi connectivity index (χ4v) is 7.26. The van der Waals surface area contributed by atoms with Gasteiger partial charge in [-0.2, -0.15) is 0 Å². The van der Waals surface area contributed by atoms with Crippen molar-refractivity contribution in [1.82, 2.24) is 14.9 Å². The maximum atomic E-state index is 11.8. The van der Waals surface area contributed by atoms with Crippen molar-refractivity contribution in [2.75, 3.05) is 50.9 Å². The van der Waals surface area contributed by atoms with Gasteiger partial charge in [0, 0.05) is 63.8 Å². The Labute approximate surface area is 266 Å². The number of rotatable bonds is 9. The number of anilines is 1. The Morgan fingerprint density at radius 3 is 2.67 bits per heavy atom. The molecule has 9 heteroatoms. The highest BCUT2D eigenvalue weighted by Gasteiger charge is 2.35. The smallest absolute Gasteiger partial charge is 0.309 e. The molecule has 9 nitrogen and oxygen atoms in total. The van der Waals surface area contributed by atoms with Crippen LogP contribution < -0.4 is 9.64 Å². The molecule has 1 aromatic heterocycles. The summed E-state index contributed by atoms with van der Waals surface area (Å²) in [7, 11) is 0. The number of fused-ring (bicyclic) bond motifs is 1. The minimum atomic E-state index is -0.814. The van der Waals surface area contributed by atoms with Crippen molar-refractivity contribution in [3.63, 3.8) is 0 Å². The van der Waals surface area contributed by atoms with Gasteiger partial charge in [-0.25, -0.2) is 9.97 Å². The predicted molar refractivity (Wildman–Crippen MR) is 174 cm³/mol. The van der Waals surface area contributed by atoms with E-state index in [0.717, 1.165) is 74.6 Å². The quantitative estimate of drug-likeness (QED) is 0.347. The van der Waals surface area contributed by atoms with E-state index in [1.54, 1.807) is 6.20 Å². The second-order valence-corrected chi connectivity index (χ2v) is 12.5. The number of piperidine rings is 1. The number of carboxylic acid groups (broad SMARTS) is 1. The van der Waals surface area contributed by atoms with Crippen LogP contribution in [0, 0.1) is 19.8 Å². The van der Waals surface area contributed by atoms with Gasteiger partial charge in [0.1, 0.15) is 12.4 Å². The van der Waals surface area contributed by atoms with Gasteiger partial charge in [-0.1, -0.05) is 24.3 Å². The lowest BCUT2D eigenvalue weighted by Gasteiger charge is -2.36. The molecule has 4 heterocycles. The van der Waals surface area contributed by atoms with Crippen LogP contribution in [0.2, 0.25) is 0 Å². The molecule has 0 aliphatic carbocycles. The largest absolute Gasteiger partial charge is 0.488 e. The first-order chi connectivity index (χ1) is 21.9. The van der Waals surface area contributed by atoms with Crippen molar-refractivity contribution < 1.29 is 24.1 Å². The van der Waals surface area contributed by atoms with Gasteiger partial charge in [0.2, 0.25) is 5.95 Å². The minimum absolute atomic E-state index is 0.402. The lowest BCUT2D eigenvalue weighted by atomic mass is 9.94. The van der Waals surface area contributed by atoms with Crippen molar-refractivity contribution in [3.8, 4) is 17.0 Å². The summed E-state index contributed by atoms with van der Waals surface area (Å²) in [6.45, 7) is 12.1. The molecule has 0 radical (unpaired) electrons. The number of ether oxygens (including phenoxy) is 3. The van der Waals surface area contributed by atoms with Crippen molar-refractivity contribution in [2.24, 2.45) is 5.92 Å². The van der Waals surface area contributed by atoms with Crippen LogP contribution in [-0.4, -0.2) is 84.1 Å². The molecule has 2 atom stereocenters. The van der Waals surface area contributed by atoms with Crippen molar-refractivity contribution in [3.05, 3.63) is 70.4 Å². The Hall–Kier alpha value is -3.53. The fraction of sp³-hybridized carbons (Fsp3) is 0.528. The second-order valence-electron chi connectivity index (χ2n) is 12.5. The van der Waals surface area contributed by atoms with Gasteiger partial charge in [-0.05, 0) is 92.8 Å². The minimum Gasteiger partial charge on any atom is -0.488 e. The number of aliphatic carboxylic acids is 1. The first-order valence-corrected chi connectivity index (χ1v) is 16.5. The van der Waals surface area contributed by atoms with Gasteiger partial charge in [0.15, 0.2) is 0 Å². The van der Waals surface area contributed by atoms with E-state index >= 15 is 0 Å².